The molecule has 0 saturated heterocycles. The molecule has 2 aromatic rings. The lowest BCUT2D eigenvalue weighted by atomic mass is 9.88. The number of hydrogen-bond acceptors (Lipinski definition) is 5. The third-order valence-electron chi connectivity index (χ3n) is 4.91. The summed E-state index contributed by atoms with van der Waals surface area (Å²) in [5, 5.41) is 18.3. The van der Waals surface area contributed by atoms with Crippen LogP contribution < -0.4 is 10.6 Å². The third kappa shape index (κ3) is 2.99. The highest BCUT2D eigenvalue weighted by Gasteiger charge is 2.31. The van der Waals surface area contributed by atoms with Crippen molar-refractivity contribution in [3.8, 4) is 0 Å². The van der Waals surface area contributed by atoms with E-state index in [0.29, 0.717) is 11.5 Å². The Balaban J connectivity index is 1.59. The fraction of sp³-hybridized carbons (Fsp3) is 0.316. The summed E-state index contributed by atoms with van der Waals surface area (Å²) in [6, 6.07) is 6.56. The summed E-state index contributed by atoms with van der Waals surface area (Å²) in [4.78, 5) is 24.6. The second kappa shape index (κ2) is 6.57. The van der Waals surface area contributed by atoms with Gasteiger partial charge in [0.1, 0.15) is 11.2 Å². The number of anilines is 1. The van der Waals surface area contributed by atoms with Gasteiger partial charge in [0.05, 0.1) is 16.1 Å². The summed E-state index contributed by atoms with van der Waals surface area (Å²) in [5.41, 5.74) is 2.53. The van der Waals surface area contributed by atoms with Crippen molar-refractivity contribution in [2.45, 2.75) is 32.4 Å². The topological polar surface area (TPSA) is 84.3 Å². The predicted molar refractivity (Wildman–Crippen MR) is 103 cm³/mol. The fourth-order valence-corrected chi connectivity index (χ4v) is 5.02. The lowest BCUT2D eigenvalue weighted by Crippen LogP contribution is -2.43. The van der Waals surface area contributed by atoms with Crippen molar-refractivity contribution in [2.75, 3.05) is 5.32 Å². The van der Waals surface area contributed by atoms with E-state index in [1.807, 2.05) is 0 Å². The number of benzene rings is 1. The van der Waals surface area contributed by atoms with Gasteiger partial charge in [-0.25, -0.2) is 0 Å². The van der Waals surface area contributed by atoms with Gasteiger partial charge in [-0.1, -0.05) is 19.1 Å². The van der Waals surface area contributed by atoms with Gasteiger partial charge >= 0.3 is 0 Å². The van der Waals surface area contributed by atoms with Gasteiger partial charge in [0.15, 0.2) is 0 Å². The van der Waals surface area contributed by atoms with Crippen molar-refractivity contribution in [3.63, 3.8) is 0 Å². The molecule has 2 atom stereocenters. The summed E-state index contributed by atoms with van der Waals surface area (Å²) in [6.07, 6.45) is 6.14. The zero-order valence-electron chi connectivity index (χ0n) is 14.3. The Labute approximate surface area is 155 Å². The van der Waals surface area contributed by atoms with Crippen LogP contribution in [0.4, 0.5) is 10.7 Å². The number of nitro benzene ring substituents is 1. The molecule has 0 radical (unpaired) electrons. The SMILES string of the molecule is C[C@H]1CCc2c(sc3c2C(=O)N[C@H](/C=C/c2ccccc2[N+](=O)[O-])N3)C1. The van der Waals surface area contributed by atoms with Gasteiger partial charge in [0.25, 0.3) is 11.6 Å². The molecule has 4 rings (SSSR count). The first kappa shape index (κ1) is 16.8. The van der Waals surface area contributed by atoms with Gasteiger partial charge in [0, 0.05) is 10.9 Å². The van der Waals surface area contributed by atoms with Crippen LogP contribution in [0.1, 0.15) is 39.7 Å². The van der Waals surface area contributed by atoms with Crippen LogP contribution >= 0.6 is 11.3 Å². The number of hydrogen-bond donors (Lipinski definition) is 2. The molecule has 2 N–H and O–H groups in total. The molecule has 134 valence electrons. The van der Waals surface area contributed by atoms with Gasteiger partial charge in [-0.3, -0.25) is 14.9 Å². The first-order valence-corrected chi connectivity index (χ1v) is 9.48. The smallest absolute Gasteiger partial charge is 0.276 e. The standard InChI is InChI=1S/C19H19N3O3S/c1-11-6-8-13-15(10-11)26-19-17(13)18(23)20-16(21-19)9-7-12-4-2-3-5-14(12)22(24)25/h2-5,7,9,11,16,21H,6,8,10H2,1H3,(H,20,23)/b9-7+/t11-,16-/m0/s1. The number of nitrogens with one attached hydrogen (secondary N) is 2. The summed E-state index contributed by atoms with van der Waals surface area (Å²) in [5.74, 6) is 0.586. The molecule has 1 aromatic heterocycles. The normalized spacial score (nSPS) is 21.7. The number of nitro groups is 1. The highest BCUT2D eigenvalue weighted by molar-refractivity contribution is 7.16. The van der Waals surface area contributed by atoms with Crippen molar-refractivity contribution in [2.24, 2.45) is 5.92 Å². The number of fused-ring (bicyclic) bond motifs is 3. The van der Waals surface area contributed by atoms with Crippen LogP contribution in [-0.4, -0.2) is 17.0 Å². The van der Waals surface area contributed by atoms with E-state index in [2.05, 4.69) is 17.6 Å². The second-order valence-electron chi connectivity index (χ2n) is 6.83. The molecule has 1 aliphatic heterocycles. The molecule has 2 aliphatic rings. The Morgan fingerprint density at radius 3 is 2.92 bits per heavy atom. The summed E-state index contributed by atoms with van der Waals surface area (Å²) >= 11 is 1.66. The Hall–Kier alpha value is -2.67. The molecule has 0 spiro atoms. The lowest BCUT2D eigenvalue weighted by molar-refractivity contribution is -0.385. The van der Waals surface area contributed by atoms with E-state index in [0.717, 1.165) is 29.8 Å². The van der Waals surface area contributed by atoms with Crippen LogP contribution in [-0.2, 0) is 12.8 Å². The Bertz CT molecular complexity index is 919. The number of thiophene rings is 1. The van der Waals surface area contributed by atoms with E-state index in [1.165, 1.54) is 16.5 Å². The third-order valence-corrected chi connectivity index (χ3v) is 6.10. The number of amides is 1. The van der Waals surface area contributed by atoms with Gasteiger partial charge in [-0.2, -0.15) is 0 Å². The summed E-state index contributed by atoms with van der Waals surface area (Å²) < 4.78 is 0. The van der Waals surface area contributed by atoms with Crippen molar-refractivity contribution >= 4 is 34.0 Å². The molecule has 2 heterocycles. The maximum atomic E-state index is 12.6. The molecule has 0 saturated carbocycles. The van der Waals surface area contributed by atoms with E-state index in [4.69, 9.17) is 0 Å². The van der Waals surface area contributed by atoms with Crippen molar-refractivity contribution in [3.05, 3.63) is 62.0 Å². The Morgan fingerprint density at radius 2 is 2.12 bits per heavy atom. The molecule has 7 heteroatoms. The zero-order valence-corrected chi connectivity index (χ0v) is 15.1. The van der Waals surface area contributed by atoms with Gasteiger partial charge in [0.2, 0.25) is 0 Å². The Kier molecular flexibility index (Phi) is 4.24. The quantitative estimate of drug-likeness (QED) is 0.633. The molecule has 0 bridgehead atoms. The maximum Gasteiger partial charge on any atom is 0.276 e. The van der Waals surface area contributed by atoms with Crippen molar-refractivity contribution in [1.29, 1.82) is 0 Å². The largest absolute Gasteiger partial charge is 0.353 e. The zero-order chi connectivity index (χ0) is 18.3. The molecule has 0 fully saturated rings. The predicted octanol–water partition coefficient (Wildman–Crippen LogP) is 3.98. The molecule has 26 heavy (non-hydrogen) atoms. The van der Waals surface area contributed by atoms with Crippen LogP contribution in [0.3, 0.4) is 0 Å². The lowest BCUT2D eigenvalue weighted by Gasteiger charge is -2.24. The summed E-state index contributed by atoms with van der Waals surface area (Å²) in [6.45, 7) is 2.24. The average Bonchev–Trinajstić information content (AvgIpc) is 2.97. The van der Waals surface area contributed by atoms with Crippen LogP contribution in [0.5, 0.6) is 0 Å². The molecular weight excluding hydrogens is 350 g/mol. The fourth-order valence-electron chi connectivity index (χ4n) is 3.57. The minimum atomic E-state index is -0.404. The minimum absolute atomic E-state index is 0.0483. The van der Waals surface area contributed by atoms with Crippen LogP contribution in [0.25, 0.3) is 6.08 Å². The van der Waals surface area contributed by atoms with E-state index in [9.17, 15) is 14.9 Å². The number of rotatable bonds is 3. The first-order valence-electron chi connectivity index (χ1n) is 8.66. The van der Waals surface area contributed by atoms with Crippen LogP contribution in [0.15, 0.2) is 30.3 Å². The molecule has 6 nitrogen and oxygen atoms in total. The molecular formula is C19H19N3O3S. The van der Waals surface area contributed by atoms with Gasteiger partial charge in [-0.05, 0) is 49.0 Å². The van der Waals surface area contributed by atoms with Crippen LogP contribution in [0.2, 0.25) is 0 Å². The number of carbonyl (C=O) groups is 1. The Morgan fingerprint density at radius 1 is 1.31 bits per heavy atom. The maximum absolute atomic E-state index is 12.6. The van der Waals surface area contributed by atoms with E-state index < -0.39 is 4.92 Å². The molecule has 0 unspecified atom stereocenters. The van der Waals surface area contributed by atoms with E-state index in [-0.39, 0.29) is 17.8 Å². The summed E-state index contributed by atoms with van der Waals surface area (Å²) in [7, 11) is 0. The molecule has 1 aromatic carbocycles. The van der Waals surface area contributed by atoms with Crippen molar-refractivity contribution in [1.82, 2.24) is 5.32 Å². The number of nitrogens with zero attached hydrogens (tertiary/aromatic N) is 1. The van der Waals surface area contributed by atoms with Crippen molar-refractivity contribution < 1.29 is 9.72 Å². The van der Waals surface area contributed by atoms with Gasteiger partial charge in [-0.15, -0.1) is 11.3 Å². The molecule has 1 amide bonds. The van der Waals surface area contributed by atoms with E-state index >= 15 is 0 Å². The van der Waals surface area contributed by atoms with Crippen LogP contribution in [0, 0.1) is 16.0 Å². The minimum Gasteiger partial charge on any atom is -0.353 e. The number of carbonyl (C=O) groups excluding carboxylic acids is 1. The second-order valence-corrected chi connectivity index (χ2v) is 7.93. The highest BCUT2D eigenvalue weighted by atomic mass is 32.1. The average molecular weight is 369 g/mol. The van der Waals surface area contributed by atoms with E-state index in [1.54, 1.807) is 41.7 Å². The highest BCUT2D eigenvalue weighted by Crippen LogP contribution is 2.41. The molecule has 1 aliphatic carbocycles. The monoisotopic (exact) mass is 369 g/mol. The van der Waals surface area contributed by atoms with Gasteiger partial charge < -0.3 is 10.6 Å². The first-order chi connectivity index (χ1) is 12.5. The number of para-hydroxylation sites is 1.